The predicted molar refractivity (Wildman–Crippen MR) is 54.1 cm³/mol. The molecule has 17 heavy (non-hydrogen) atoms. The van der Waals surface area contributed by atoms with Gasteiger partial charge in [0.05, 0.1) is 17.2 Å². The molecule has 0 radical (unpaired) electrons. The Morgan fingerprint density at radius 2 is 2.00 bits per heavy atom. The van der Waals surface area contributed by atoms with E-state index in [-0.39, 0.29) is 36.4 Å². The molecule has 1 aliphatic rings. The first kappa shape index (κ1) is 14.0. The topological polar surface area (TPSA) is 75.1 Å². The molecule has 0 amide bonds. The Morgan fingerprint density at radius 1 is 1.35 bits per heavy atom. The fourth-order valence-electron chi connectivity index (χ4n) is 1.56. The van der Waals surface area contributed by atoms with Crippen LogP contribution in [0.15, 0.2) is 0 Å². The van der Waals surface area contributed by atoms with Crippen molar-refractivity contribution in [3.63, 3.8) is 0 Å². The minimum Gasteiger partial charge on any atom is -0.545 e. The number of nitrogens with zero attached hydrogens (tertiary/aromatic N) is 2. The fraction of sp³-hybridized carbons (Fsp3) is 0.545. The van der Waals surface area contributed by atoms with Crippen molar-refractivity contribution in [3.8, 4) is 5.88 Å². The van der Waals surface area contributed by atoms with Crippen LogP contribution in [0.4, 0.5) is 0 Å². The molecule has 0 spiro atoms. The zero-order chi connectivity index (χ0) is 11.7. The summed E-state index contributed by atoms with van der Waals surface area (Å²) in [6.07, 6.45) is 3.08. The van der Waals surface area contributed by atoms with Crippen LogP contribution in [0, 0.1) is 13.8 Å². The van der Waals surface area contributed by atoms with Crippen LogP contribution in [-0.4, -0.2) is 22.3 Å². The number of hydrogen-bond acceptors (Lipinski definition) is 5. The maximum Gasteiger partial charge on any atom is 1.00 e. The number of carboxylic acid groups (broad SMARTS) is 1. The molecule has 0 saturated heterocycles. The fourth-order valence-corrected chi connectivity index (χ4v) is 1.56. The Balaban J connectivity index is 0.00000144. The van der Waals surface area contributed by atoms with Crippen LogP contribution < -0.4 is 28.7 Å². The summed E-state index contributed by atoms with van der Waals surface area (Å²) in [7, 11) is 0. The number of ether oxygens (including phenoxy) is 1. The van der Waals surface area contributed by atoms with Crippen molar-refractivity contribution >= 4 is 5.97 Å². The van der Waals surface area contributed by atoms with E-state index in [2.05, 4.69) is 10.2 Å². The van der Waals surface area contributed by atoms with Crippen molar-refractivity contribution in [1.82, 2.24) is 10.2 Å². The second-order valence-electron chi connectivity index (χ2n) is 4.05. The Kier molecular flexibility index (Phi) is 4.55. The van der Waals surface area contributed by atoms with Gasteiger partial charge in [0.1, 0.15) is 6.10 Å². The summed E-state index contributed by atoms with van der Waals surface area (Å²) in [6.45, 7) is 3.39. The van der Waals surface area contributed by atoms with E-state index in [4.69, 9.17) is 4.74 Å². The Morgan fingerprint density at radius 3 is 2.47 bits per heavy atom. The van der Waals surface area contributed by atoms with Gasteiger partial charge in [0.25, 0.3) is 0 Å². The maximum atomic E-state index is 11.0. The van der Waals surface area contributed by atoms with Crippen molar-refractivity contribution in [1.29, 1.82) is 0 Å². The number of carbonyl (C=O) groups excluding carboxylic acids is 1. The third kappa shape index (κ3) is 2.79. The standard InChI is InChI=1S/C11H14N2O3.Li/c1-6-7(2)12-13-10(9(6)11(14)15)16-8-4-3-5-8;/h8H,3-5H2,1-2H3,(H,14,15);/q;+1/p-1. The molecular formula is C11H13LiN2O3. The van der Waals surface area contributed by atoms with E-state index < -0.39 is 5.97 Å². The molecule has 1 aromatic rings. The maximum absolute atomic E-state index is 11.0. The van der Waals surface area contributed by atoms with Gasteiger partial charge in [0.2, 0.25) is 5.88 Å². The number of aryl methyl sites for hydroxylation is 1. The van der Waals surface area contributed by atoms with Gasteiger partial charge in [-0.25, -0.2) is 0 Å². The first-order valence-electron chi connectivity index (χ1n) is 5.31. The predicted octanol–water partition coefficient (Wildman–Crippen LogP) is -2.61. The van der Waals surface area contributed by atoms with Gasteiger partial charge in [-0.05, 0) is 38.7 Å². The third-order valence-electron chi connectivity index (χ3n) is 2.96. The second-order valence-corrected chi connectivity index (χ2v) is 4.05. The zero-order valence-corrected chi connectivity index (χ0v) is 10.3. The van der Waals surface area contributed by atoms with E-state index in [9.17, 15) is 9.90 Å². The van der Waals surface area contributed by atoms with Crippen LogP contribution in [-0.2, 0) is 0 Å². The summed E-state index contributed by atoms with van der Waals surface area (Å²) in [5.41, 5.74) is 1.17. The van der Waals surface area contributed by atoms with Crippen molar-refractivity contribution in [2.24, 2.45) is 0 Å². The Labute approximate surface area is 112 Å². The third-order valence-corrected chi connectivity index (χ3v) is 2.96. The normalized spacial score (nSPS) is 14.7. The summed E-state index contributed by atoms with van der Waals surface area (Å²) >= 11 is 0. The quantitative estimate of drug-likeness (QED) is 0.530. The van der Waals surface area contributed by atoms with Gasteiger partial charge in [-0.3, -0.25) is 0 Å². The molecule has 1 saturated carbocycles. The molecule has 6 heteroatoms. The van der Waals surface area contributed by atoms with E-state index >= 15 is 0 Å². The van der Waals surface area contributed by atoms with Crippen molar-refractivity contribution in [3.05, 3.63) is 16.8 Å². The van der Waals surface area contributed by atoms with E-state index in [1.54, 1.807) is 13.8 Å². The van der Waals surface area contributed by atoms with E-state index in [1.165, 1.54) is 0 Å². The number of carboxylic acids is 1. The molecule has 0 aromatic carbocycles. The molecule has 0 atom stereocenters. The largest absolute Gasteiger partial charge is 1.00 e. The minimum atomic E-state index is -1.26. The van der Waals surface area contributed by atoms with E-state index in [0.29, 0.717) is 11.3 Å². The molecule has 0 aliphatic heterocycles. The van der Waals surface area contributed by atoms with Gasteiger partial charge in [0.15, 0.2) is 0 Å². The molecule has 1 aromatic heterocycles. The van der Waals surface area contributed by atoms with Crippen LogP contribution in [0.2, 0.25) is 0 Å². The molecule has 2 rings (SSSR count). The molecule has 1 heterocycles. The van der Waals surface area contributed by atoms with Gasteiger partial charge >= 0.3 is 18.9 Å². The minimum absolute atomic E-state index is 0. The van der Waals surface area contributed by atoms with E-state index in [0.717, 1.165) is 19.3 Å². The summed E-state index contributed by atoms with van der Waals surface area (Å²) in [5, 5.41) is 18.7. The SMILES string of the molecule is Cc1nnc(OC2CCC2)c(C(=O)[O-])c1C.[Li+]. The summed E-state index contributed by atoms with van der Waals surface area (Å²) in [5.74, 6) is -1.17. The number of aromatic carboxylic acids is 1. The molecular weight excluding hydrogens is 215 g/mol. The van der Waals surface area contributed by atoms with Gasteiger partial charge in [-0.2, -0.15) is 5.10 Å². The van der Waals surface area contributed by atoms with Crippen LogP contribution >= 0.6 is 0 Å². The first-order valence-corrected chi connectivity index (χ1v) is 5.31. The molecule has 0 N–H and O–H groups in total. The van der Waals surface area contributed by atoms with Crippen LogP contribution in [0.3, 0.4) is 0 Å². The number of aromatic nitrogens is 2. The summed E-state index contributed by atoms with van der Waals surface area (Å²) in [4.78, 5) is 11.0. The van der Waals surface area contributed by atoms with Gasteiger partial charge < -0.3 is 14.6 Å². The number of rotatable bonds is 3. The van der Waals surface area contributed by atoms with Crippen molar-refractivity contribution < 1.29 is 33.5 Å². The molecule has 1 aliphatic carbocycles. The number of carbonyl (C=O) groups is 1. The summed E-state index contributed by atoms with van der Waals surface area (Å²) < 4.78 is 5.48. The van der Waals surface area contributed by atoms with Gasteiger partial charge in [-0.1, -0.05) is 0 Å². The smallest absolute Gasteiger partial charge is 0.545 e. The zero-order valence-electron chi connectivity index (χ0n) is 10.3. The molecule has 1 fully saturated rings. The van der Waals surface area contributed by atoms with Gasteiger partial charge in [-0.15, -0.1) is 5.10 Å². The van der Waals surface area contributed by atoms with Crippen molar-refractivity contribution in [2.75, 3.05) is 0 Å². The average molecular weight is 228 g/mol. The van der Waals surface area contributed by atoms with Crippen LogP contribution in [0.5, 0.6) is 5.88 Å². The van der Waals surface area contributed by atoms with Gasteiger partial charge in [0, 0.05) is 0 Å². The molecule has 0 unspecified atom stereocenters. The van der Waals surface area contributed by atoms with Crippen LogP contribution in [0.25, 0.3) is 0 Å². The molecule has 5 nitrogen and oxygen atoms in total. The second kappa shape index (κ2) is 5.52. The Bertz CT molecular complexity index is 433. The average Bonchev–Trinajstić information content (AvgIpc) is 2.16. The summed E-state index contributed by atoms with van der Waals surface area (Å²) in [6, 6.07) is 0. The monoisotopic (exact) mass is 228 g/mol. The first-order chi connectivity index (χ1) is 7.59. The number of hydrogen-bond donors (Lipinski definition) is 0. The van der Waals surface area contributed by atoms with E-state index in [1.807, 2.05) is 0 Å². The Hall–Kier alpha value is -1.05. The molecule has 0 bridgehead atoms. The van der Waals surface area contributed by atoms with Crippen LogP contribution in [0.1, 0.15) is 40.9 Å². The van der Waals surface area contributed by atoms with Crippen molar-refractivity contribution in [2.45, 2.75) is 39.2 Å². The molecule has 86 valence electrons.